The number of carbonyl (C=O) groups excluding carboxylic acids is 2. The zero-order valence-corrected chi connectivity index (χ0v) is 16.0. The Kier molecular flexibility index (Phi) is 6.81. The molecule has 28 heavy (non-hydrogen) atoms. The molecule has 0 fully saturated rings. The highest BCUT2D eigenvalue weighted by Crippen LogP contribution is 2.19. The van der Waals surface area contributed by atoms with Crippen molar-refractivity contribution in [1.82, 2.24) is 15.4 Å². The van der Waals surface area contributed by atoms with E-state index in [1.165, 1.54) is 5.56 Å². The maximum Gasteiger partial charge on any atom is 0.271 e. The molecule has 0 unspecified atom stereocenters. The van der Waals surface area contributed by atoms with Gasteiger partial charge >= 0.3 is 0 Å². The highest BCUT2D eigenvalue weighted by molar-refractivity contribution is 6.07. The Hall–Kier alpha value is -3.12. The Morgan fingerprint density at radius 1 is 0.964 bits per heavy atom. The number of fused-ring (bicyclic) bond motifs is 1. The molecule has 0 aliphatic heterocycles. The molecule has 0 bridgehead atoms. The second-order valence-corrected chi connectivity index (χ2v) is 6.62. The van der Waals surface area contributed by atoms with Crippen molar-refractivity contribution < 1.29 is 14.3 Å². The SMILES string of the molecule is Cn1cc(C(=O)NNC(=O)CCCOCCc2ccccc2)c2ccccc21. The van der Waals surface area contributed by atoms with E-state index in [1.54, 1.807) is 6.20 Å². The van der Waals surface area contributed by atoms with E-state index in [-0.39, 0.29) is 11.8 Å². The van der Waals surface area contributed by atoms with Crippen LogP contribution in [0.4, 0.5) is 0 Å². The van der Waals surface area contributed by atoms with Crippen molar-refractivity contribution in [3.8, 4) is 0 Å². The van der Waals surface area contributed by atoms with E-state index in [0.717, 1.165) is 17.3 Å². The third-order valence-corrected chi connectivity index (χ3v) is 4.53. The van der Waals surface area contributed by atoms with Crippen LogP contribution in [-0.2, 0) is 23.0 Å². The van der Waals surface area contributed by atoms with Gasteiger partial charge in [-0.3, -0.25) is 20.4 Å². The van der Waals surface area contributed by atoms with Crippen LogP contribution in [0.1, 0.15) is 28.8 Å². The molecular weight excluding hydrogens is 354 g/mol. The Morgan fingerprint density at radius 3 is 2.54 bits per heavy atom. The van der Waals surface area contributed by atoms with Gasteiger partial charge < -0.3 is 9.30 Å². The summed E-state index contributed by atoms with van der Waals surface area (Å²) < 4.78 is 7.45. The minimum absolute atomic E-state index is 0.236. The molecule has 6 heteroatoms. The number of hydrogen-bond donors (Lipinski definition) is 2. The lowest BCUT2D eigenvalue weighted by Gasteiger charge is -2.07. The molecule has 2 amide bonds. The van der Waals surface area contributed by atoms with Crippen LogP contribution in [0.15, 0.2) is 60.8 Å². The van der Waals surface area contributed by atoms with Crippen molar-refractivity contribution in [2.24, 2.45) is 7.05 Å². The van der Waals surface area contributed by atoms with Gasteiger partial charge in [-0.25, -0.2) is 0 Å². The summed E-state index contributed by atoms with van der Waals surface area (Å²) in [6.45, 7) is 1.14. The van der Waals surface area contributed by atoms with Crippen LogP contribution < -0.4 is 10.9 Å². The van der Waals surface area contributed by atoms with E-state index in [0.29, 0.717) is 31.6 Å². The highest BCUT2D eigenvalue weighted by Gasteiger charge is 2.14. The minimum atomic E-state index is -0.329. The van der Waals surface area contributed by atoms with Gasteiger partial charge in [0.1, 0.15) is 0 Å². The number of carbonyl (C=O) groups is 2. The van der Waals surface area contributed by atoms with Crippen molar-refractivity contribution in [3.05, 3.63) is 71.9 Å². The number of ether oxygens (including phenoxy) is 1. The Bertz CT molecular complexity index is 935. The number of benzene rings is 2. The van der Waals surface area contributed by atoms with E-state index in [9.17, 15) is 9.59 Å². The fourth-order valence-electron chi connectivity index (χ4n) is 3.05. The largest absolute Gasteiger partial charge is 0.381 e. The molecule has 0 aliphatic rings. The topological polar surface area (TPSA) is 72.4 Å². The first kappa shape index (κ1) is 19.6. The molecule has 6 nitrogen and oxygen atoms in total. The quantitative estimate of drug-likeness (QED) is 0.467. The molecule has 1 aromatic heterocycles. The van der Waals surface area contributed by atoms with Crippen LogP contribution in [0.5, 0.6) is 0 Å². The van der Waals surface area contributed by atoms with Gasteiger partial charge in [0.15, 0.2) is 0 Å². The number of hydrogen-bond acceptors (Lipinski definition) is 3. The van der Waals surface area contributed by atoms with Gasteiger partial charge in [0.2, 0.25) is 5.91 Å². The van der Waals surface area contributed by atoms with Gasteiger partial charge in [0.05, 0.1) is 12.2 Å². The van der Waals surface area contributed by atoms with Gasteiger partial charge in [-0.2, -0.15) is 0 Å². The first-order chi connectivity index (χ1) is 13.6. The lowest BCUT2D eigenvalue weighted by atomic mass is 10.2. The van der Waals surface area contributed by atoms with Crippen LogP contribution in [0.25, 0.3) is 10.9 Å². The van der Waals surface area contributed by atoms with Crippen LogP contribution in [0.3, 0.4) is 0 Å². The summed E-state index contributed by atoms with van der Waals surface area (Å²) in [5.41, 5.74) is 7.68. The number of aromatic nitrogens is 1. The number of nitrogens with one attached hydrogen (secondary N) is 2. The number of aryl methyl sites for hydroxylation is 1. The summed E-state index contributed by atoms with van der Waals surface area (Å²) in [6, 6.07) is 17.8. The third-order valence-electron chi connectivity index (χ3n) is 4.53. The van der Waals surface area contributed by atoms with Crippen LogP contribution in [-0.4, -0.2) is 29.6 Å². The van der Waals surface area contributed by atoms with Crippen LogP contribution in [0, 0.1) is 0 Å². The van der Waals surface area contributed by atoms with E-state index < -0.39 is 0 Å². The van der Waals surface area contributed by atoms with Crippen molar-refractivity contribution in [3.63, 3.8) is 0 Å². The summed E-state index contributed by atoms with van der Waals surface area (Å²) in [6.07, 6.45) is 3.51. The fourth-order valence-corrected chi connectivity index (χ4v) is 3.05. The van der Waals surface area contributed by atoms with Gasteiger partial charge in [-0.05, 0) is 24.5 Å². The molecule has 0 aliphatic carbocycles. The molecule has 0 spiro atoms. The Morgan fingerprint density at radius 2 is 1.71 bits per heavy atom. The molecule has 1 heterocycles. The second kappa shape index (κ2) is 9.71. The summed E-state index contributed by atoms with van der Waals surface area (Å²) >= 11 is 0. The van der Waals surface area contributed by atoms with Crippen molar-refractivity contribution in [1.29, 1.82) is 0 Å². The maximum atomic E-state index is 12.4. The molecule has 0 radical (unpaired) electrons. The number of amides is 2. The smallest absolute Gasteiger partial charge is 0.271 e. The van der Waals surface area contributed by atoms with Gasteiger partial charge in [0.25, 0.3) is 5.91 Å². The number of para-hydroxylation sites is 1. The van der Waals surface area contributed by atoms with Crippen molar-refractivity contribution in [2.45, 2.75) is 19.3 Å². The van der Waals surface area contributed by atoms with Crippen LogP contribution >= 0.6 is 0 Å². The molecular formula is C22H25N3O3. The average molecular weight is 379 g/mol. The molecule has 0 saturated heterocycles. The summed E-state index contributed by atoms with van der Waals surface area (Å²) in [7, 11) is 1.88. The number of nitrogens with zero attached hydrogens (tertiary/aromatic N) is 1. The van der Waals surface area contributed by atoms with Crippen molar-refractivity contribution >= 4 is 22.7 Å². The maximum absolute atomic E-state index is 12.4. The molecule has 2 aromatic carbocycles. The number of hydrazine groups is 1. The zero-order valence-electron chi connectivity index (χ0n) is 16.0. The molecule has 3 aromatic rings. The number of rotatable bonds is 8. The predicted octanol–water partition coefficient (Wildman–Crippen LogP) is 2.98. The van der Waals surface area contributed by atoms with E-state index in [4.69, 9.17) is 4.74 Å². The molecule has 2 N–H and O–H groups in total. The first-order valence-electron chi connectivity index (χ1n) is 9.40. The van der Waals surface area contributed by atoms with Gasteiger partial charge in [-0.15, -0.1) is 0 Å². The lowest BCUT2D eigenvalue weighted by molar-refractivity contribution is -0.122. The molecule has 0 saturated carbocycles. The normalized spacial score (nSPS) is 10.8. The molecule has 0 atom stereocenters. The van der Waals surface area contributed by atoms with E-state index in [1.807, 2.05) is 54.1 Å². The van der Waals surface area contributed by atoms with Gasteiger partial charge in [-0.1, -0.05) is 48.5 Å². The van der Waals surface area contributed by atoms with E-state index >= 15 is 0 Å². The highest BCUT2D eigenvalue weighted by atomic mass is 16.5. The average Bonchev–Trinajstić information content (AvgIpc) is 3.06. The van der Waals surface area contributed by atoms with Crippen molar-refractivity contribution in [2.75, 3.05) is 13.2 Å². The van der Waals surface area contributed by atoms with Gasteiger partial charge in [0, 0.05) is 37.2 Å². The van der Waals surface area contributed by atoms with E-state index in [2.05, 4.69) is 23.0 Å². The standard InChI is InChI=1S/C22H25N3O3/c1-25-16-19(18-10-5-6-11-20(18)25)22(27)24-23-21(26)12-7-14-28-15-13-17-8-3-2-4-9-17/h2-6,8-11,16H,7,12-15H2,1H3,(H,23,26)(H,24,27). The lowest BCUT2D eigenvalue weighted by Crippen LogP contribution is -2.41. The molecule has 146 valence electrons. The summed E-state index contributed by atoms with van der Waals surface area (Å²) in [5.74, 6) is -0.565. The zero-order chi connectivity index (χ0) is 19.8. The third kappa shape index (κ3) is 5.20. The summed E-state index contributed by atoms with van der Waals surface area (Å²) in [5, 5.41) is 0.851. The minimum Gasteiger partial charge on any atom is -0.381 e. The fraction of sp³-hybridized carbons (Fsp3) is 0.273. The second-order valence-electron chi connectivity index (χ2n) is 6.62. The monoisotopic (exact) mass is 379 g/mol. The summed E-state index contributed by atoms with van der Waals surface area (Å²) in [4.78, 5) is 24.3. The molecule has 3 rings (SSSR count). The first-order valence-corrected chi connectivity index (χ1v) is 9.40. The Labute approximate surface area is 164 Å². The Balaban J connectivity index is 1.34. The van der Waals surface area contributed by atoms with Crippen LogP contribution in [0.2, 0.25) is 0 Å². The predicted molar refractivity (Wildman–Crippen MR) is 109 cm³/mol.